The minimum absolute atomic E-state index is 0.225. The first-order valence-electron chi connectivity index (χ1n) is 7.28. The summed E-state index contributed by atoms with van der Waals surface area (Å²) in [6, 6.07) is 8.97. The van der Waals surface area contributed by atoms with Crippen molar-refractivity contribution < 1.29 is 9.50 Å². The van der Waals surface area contributed by atoms with Crippen molar-refractivity contribution in [3.63, 3.8) is 0 Å². The molecule has 2 aromatic rings. The van der Waals surface area contributed by atoms with Crippen molar-refractivity contribution in [3.05, 3.63) is 54.1 Å². The van der Waals surface area contributed by atoms with Crippen molar-refractivity contribution in [3.8, 4) is 11.1 Å². The third kappa shape index (κ3) is 3.28. The van der Waals surface area contributed by atoms with Gasteiger partial charge in [0.05, 0.1) is 5.60 Å². The van der Waals surface area contributed by atoms with Crippen LogP contribution in [-0.2, 0) is 6.54 Å². The van der Waals surface area contributed by atoms with Crippen molar-refractivity contribution >= 4 is 0 Å². The Morgan fingerprint density at radius 1 is 1.14 bits per heavy atom. The molecule has 0 amide bonds. The zero-order valence-corrected chi connectivity index (χ0v) is 11.8. The second-order valence-corrected chi connectivity index (χ2v) is 5.72. The van der Waals surface area contributed by atoms with Crippen LogP contribution in [0.4, 0.5) is 4.39 Å². The van der Waals surface area contributed by atoms with Gasteiger partial charge < -0.3 is 10.4 Å². The fourth-order valence-corrected chi connectivity index (χ4v) is 2.61. The number of nitrogens with zero attached hydrogens (tertiary/aromatic N) is 1. The summed E-state index contributed by atoms with van der Waals surface area (Å²) < 4.78 is 14.1. The average Bonchev–Trinajstić information content (AvgIpc) is 2.48. The predicted molar refractivity (Wildman–Crippen MR) is 80.1 cm³/mol. The van der Waals surface area contributed by atoms with Gasteiger partial charge in [-0.05, 0) is 48.6 Å². The Kier molecular flexibility index (Phi) is 3.99. The average molecular weight is 286 g/mol. The summed E-state index contributed by atoms with van der Waals surface area (Å²) in [7, 11) is 0. The largest absolute Gasteiger partial charge is 0.389 e. The molecule has 0 unspecified atom stereocenters. The number of hydrogen-bond donors (Lipinski definition) is 2. The zero-order valence-electron chi connectivity index (χ0n) is 11.8. The van der Waals surface area contributed by atoms with E-state index in [4.69, 9.17) is 0 Å². The van der Waals surface area contributed by atoms with Crippen LogP contribution in [-0.4, -0.2) is 22.2 Å². The van der Waals surface area contributed by atoms with Gasteiger partial charge in [0.15, 0.2) is 0 Å². The molecule has 1 heterocycles. The van der Waals surface area contributed by atoms with Crippen molar-refractivity contribution in [2.75, 3.05) is 6.54 Å². The number of aliphatic hydroxyl groups is 1. The van der Waals surface area contributed by atoms with Crippen LogP contribution < -0.4 is 5.32 Å². The van der Waals surface area contributed by atoms with Crippen LogP contribution in [0.5, 0.6) is 0 Å². The molecular weight excluding hydrogens is 267 g/mol. The number of benzene rings is 1. The first kappa shape index (κ1) is 14.2. The van der Waals surface area contributed by atoms with Crippen molar-refractivity contribution in [2.24, 2.45) is 0 Å². The molecule has 21 heavy (non-hydrogen) atoms. The number of pyridine rings is 1. The van der Waals surface area contributed by atoms with E-state index in [1.165, 1.54) is 0 Å². The van der Waals surface area contributed by atoms with E-state index < -0.39 is 5.60 Å². The highest BCUT2D eigenvalue weighted by Crippen LogP contribution is 2.30. The van der Waals surface area contributed by atoms with Crippen LogP contribution in [0, 0.1) is 5.82 Å². The Labute approximate surface area is 123 Å². The Bertz CT molecular complexity index is 611. The molecule has 1 aromatic carbocycles. The molecule has 1 aliphatic carbocycles. The molecule has 0 bridgehead atoms. The number of aromatic nitrogens is 1. The summed E-state index contributed by atoms with van der Waals surface area (Å²) in [5.41, 5.74) is 1.84. The van der Waals surface area contributed by atoms with Crippen molar-refractivity contribution in [1.29, 1.82) is 0 Å². The van der Waals surface area contributed by atoms with Crippen LogP contribution in [0.3, 0.4) is 0 Å². The van der Waals surface area contributed by atoms with Gasteiger partial charge in [0, 0.05) is 31.0 Å². The summed E-state index contributed by atoms with van der Waals surface area (Å²) in [6.07, 6.45) is 6.14. The highest BCUT2D eigenvalue weighted by Gasteiger charge is 2.33. The molecule has 1 saturated carbocycles. The molecule has 1 aliphatic rings. The van der Waals surface area contributed by atoms with Gasteiger partial charge in [-0.25, -0.2) is 4.39 Å². The number of halogens is 1. The third-order valence-corrected chi connectivity index (χ3v) is 4.12. The first-order valence-corrected chi connectivity index (χ1v) is 7.28. The molecule has 0 radical (unpaired) electrons. The van der Waals surface area contributed by atoms with Crippen LogP contribution in [0.1, 0.15) is 24.8 Å². The summed E-state index contributed by atoms with van der Waals surface area (Å²) in [4.78, 5) is 3.96. The topological polar surface area (TPSA) is 45.1 Å². The summed E-state index contributed by atoms with van der Waals surface area (Å²) in [6.45, 7) is 0.962. The number of nitrogens with one attached hydrogen (secondary N) is 1. The minimum Gasteiger partial charge on any atom is -0.389 e. The summed E-state index contributed by atoms with van der Waals surface area (Å²) in [5.74, 6) is -0.225. The molecule has 0 atom stereocenters. The van der Waals surface area contributed by atoms with Crippen LogP contribution in [0.2, 0.25) is 0 Å². The maximum Gasteiger partial charge on any atom is 0.128 e. The maximum atomic E-state index is 14.1. The van der Waals surface area contributed by atoms with E-state index in [0.29, 0.717) is 18.7 Å². The van der Waals surface area contributed by atoms with E-state index in [9.17, 15) is 9.50 Å². The Balaban J connectivity index is 1.64. The fourth-order valence-electron chi connectivity index (χ4n) is 2.61. The minimum atomic E-state index is -0.576. The van der Waals surface area contributed by atoms with Gasteiger partial charge in [0.25, 0.3) is 0 Å². The normalized spacial score (nSPS) is 16.5. The van der Waals surface area contributed by atoms with E-state index in [2.05, 4.69) is 10.3 Å². The smallest absolute Gasteiger partial charge is 0.128 e. The highest BCUT2D eigenvalue weighted by molar-refractivity contribution is 5.63. The zero-order chi connectivity index (χ0) is 14.7. The Morgan fingerprint density at radius 2 is 1.90 bits per heavy atom. The molecule has 2 N–H and O–H groups in total. The van der Waals surface area contributed by atoms with E-state index in [-0.39, 0.29) is 5.82 Å². The fraction of sp³-hybridized carbons (Fsp3) is 0.353. The molecule has 4 heteroatoms. The van der Waals surface area contributed by atoms with Crippen molar-refractivity contribution in [1.82, 2.24) is 10.3 Å². The lowest BCUT2D eigenvalue weighted by atomic mass is 9.80. The van der Waals surface area contributed by atoms with Crippen molar-refractivity contribution in [2.45, 2.75) is 31.4 Å². The molecule has 1 aromatic heterocycles. The van der Waals surface area contributed by atoms with Crippen LogP contribution in [0.15, 0.2) is 42.7 Å². The van der Waals surface area contributed by atoms with Gasteiger partial charge in [0.2, 0.25) is 0 Å². The second-order valence-electron chi connectivity index (χ2n) is 5.72. The van der Waals surface area contributed by atoms with Gasteiger partial charge >= 0.3 is 0 Å². The molecule has 3 rings (SSSR count). The third-order valence-electron chi connectivity index (χ3n) is 4.12. The lowest BCUT2D eigenvalue weighted by molar-refractivity contribution is -0.0315. The van der Waals surface area contributed by atoms with Gasteiger partial charge in [-0.1, -0.05) is 12.1 Å². The molecule has 3 nitrogen and oxygen atoms in total. The van der Waals surface area contributed by atoms with E-state index in [1.54, 1.807) is 24.5 Å². The van der Waals surface area contributed by atoms with Crippen LogP contribution >= 0.6 is 0 Å². The van der Waals surface area contributed by atoms with Gasteiger partial charge in [-0.15, -0.1) is 0 Å². The molecular formula is C17H19FN2O. The van der Waals surface area contributed by atoms with E-state index in [0.717, 1.165) is 30.4 Å². The SMILES string of the molecule is OC1(CNCc2ccc(-c3ccncc3)cc2F)CCC1. The van der Waals surface area contributed by atoms with Gasteiger partial charge in [0.1, 0.15) is 5.82 Å². The highest BCUT2D eigenvalue weighted by atomic mass is 19.1. The Morgan fingerprint density at radius 3 is 2.52 bits per heavy atom. The number of hydrogen-bond acceptors (Lipinski definition) is 3. The van der Waals surface area contributed by atoms with E-state index in [1.807, 2.05) is 18.2 Å². The monoisotopic (exact) mass is 286 g/mol. The lowest BCUT2D eigenvalue weighted by Crippen LogP contribution is -2.46. The second kappa shape index (κ2) is 5.92. The molecule has 0 saturated heterocycles. The molecule has 1 fully saturated rings. The lowest BCUT2D eigenvalue weighted by Gasteiger charge is -2.36. The Hall–Kier alpha value is -1.78. The quantitative estimate of drug-likeness (QED) is 0.888. The summed E-state index contributed by atoms with van der Waals surface area (Å²) >= 11 is 0. The first-order chi connectivity index (χ1) is 10.2. The van der Waals surface area contributed by atoms with Gasteiger partial charge in [-0.3, -0.25) is 4.98 Å². The number of rotatable bonds is 5. The summed E-state index contributed by atoms with van der Waals surface area (Å²) in [5, 5.41) is 13.1. The molecule has 0 spiro atoms. The van der Waals surface area contributed by atoms with Gasteiger partial charge in [-0.2, -0.15) is 0 Å². The predicted octanol–water partition coefficient (Wildman–Crippen LogP) is 2.89. The standard InChI is InChI=1S/C17H19FN2O/c18-16-10-14(13-4-8-19-9-5-13)2-3-15(16)11-20-12-17(21)6-1-7-17/h2-5,8-10,20-21H,1,6-7,11-12H2. The molecule has 110 valence electrons. The maximum absolute atomic E-state index is 14.1. The molecule has 0 aliphatic heterocycles. The van der Waals surface area contributed by atoms with Crippen LogP contribution in [0.25, 0.3) is 11.1 Å². The van der Waals surface area contributed by atoms with E-state index >= 15 is 0 Å².